The number of fused-ring (bicyclic) bond motifs is 1. The highest BCUT2D eigenvalue weighted by atomic mass is 32.2. The van der Waals surface area contributed by atoms with Gasteiger partial charge in [0.15, 0.2) is 0 Å². The average molecular weight is 443 g/mol. The van der Waals surface area contributed by atoms with Crippen molar-refractivity contribution in [3.63, 3.8) is 0 Å². The summed E-state index contributed by atoms with van der Waals surface area (Å²) < 4.78 is 52.9. The van der Waals surface area contributed by atoms with Gasteiger partial charge in [-0.15, -0.1) is 0 Å². The first-order valence-electron chi connectivity index (χ1n) is 9.74. The number of sulfonamides is 1. The van der Waals surface area contributed by atoms with Gasteiger partial charge in [-0.1, -0.05) is 6.07 Å². The number of benzene rings is 3. The van der Waals surface area contributed by atoms with Crippen LogP contribution >= 0.6 is 0 Å². The molecule has 1 aliphatic rings. The molecule has 0 atom stereocenters. The Morgan fingerprint density at radius 2 is 1.68 bits per heavy atom. The Kier molecular flexibility index (Phi) is 5.84. The molecule has 3 aromatic carbocycles. The lowest BCUT2D eigenvalue weighted by atomic mass is 10.1. The number of nitrogens with zero attached hydrogens (tertiary/aromatic N) is 1. The lowest BCUT2D eigenvalue weighted by molar-refractivity contribution is 0.391. The molecule has 3 aromatic rings. The fraction of sp³-hybridized carbons (Fsp3) is 0.217. The zero-order valence-corrected chi connectivity index (χ0v) is 18.1. The molecule has 0 aliphatic carbocycles. The molecular formula is C23H23FN2O4S. The minimum absolute atomic E-state index is 0.0104. The third kappa shape index (κ3) is 4.22. The first kappa shape index (κ1) is 21.1. The van der Waals surface area contributed by atoms with Gasteiger partial charge in [-0.25, -0.2) is 12.8 Å². The molecule has 0 amide bonds. The third-order valence-electron chi connectivity index (χ3n) is 5.32. The van der Waals surface area contributed by atoms with E-state index in [0.717, 1.165) is 17.7 Å². The topological polar surface area (TPSA) is 67.9 Å². The summed E-state index contributed by atoms with van der Waals surface area (Å²) in [7, 11) is -0.867. The van der Waals surface area contributed by atoms with E-state index in [4.69, 9.17) is 9.47 Å². The summed E-state index contributed by atoms with van der Waals surface area (Å²) in [6, 6.07) is 15.8. The lowest BCUT2D eigenvalue weighted by Crippen LogP contribution is -2.31. The molecule has 4 rings (SSSR count). The maximum atomic E-state index is 13.7. The zero-order chi connectivity index (χ0) is 22.0. The van der Waals surface area contributed by atoms with Crippen molar-refractivity contribution in [2.75, 3.05) is 18.5 Å². The monoisotopic (exact) mass is 442 g/mol. The first-order valence-corrected chi connectivity index (χ1v) is 11.2. The molecule has 0 bridgehead atoms. The molecular weight excluding hydrogens is 419 g/mol. The SMILES string of the molecule is COc1ccc(CN(c2ccc(F)cc2)S(=O)(=O)c2ccc3c(c2)CNC3)c(OC)c1. The summed E-state index contributed by atoms with van der Waals surface area (Å²) in [4.78, 5) is 0.187. The molecule has 31 heavy (non-hydrogen) atoms. The number of methoxy groups -OCH3 is 2. The molecule has 0 unspecified atom stereocenters. The third-order valence-corrected chi connectivity index (χ3v) is 7.09. The van der Waals surface area contributed by atoms with E-state index in [1.807, 2.05) is 6.07 Å². The highest BCUT2D eigenvalue weighted by Crippen LogP contribution is 2.32. The van der Waals surface area contributed by atoms with E-state index in [9.17, 15) is 12.8 Å². The Morgan fingerprint density at radius 3 is 2.39 bits per heavy atom. The van der Waals surface area contributed by atoms with Crippen LogP contribution in [0.2, 0.25) is 0 Å². The minimum Gasteiger partial charge on any atom is -0.497 e. The second kappa shape index (κ2) is 8.56. The number of hydrogen-bond acceptors (Lipinski definition) is 5. The van der Waals surface area contributed by atoms with Crippen LogP contribution < -0.4 is 19.1 Å². The molecule has 1 N–H and O–H groups in total. The van der Waals surface area contributed by atoms with Crippen molar-refractivity contribution >= 4 is 15.7 Å². The highest BCUT2D eigenvalue weighted by Gasteiger charge is 2.28. The average Bonchev–Trinajstić information content (AvgIpc) is 3.26. The minimum atomic E-state index is -3.93. The Balaban J connectivity index is 1.79. The van der Waals surface area contributed by atoms with Crippen LogP contribution in [-0.2, 0) is 29.7 Å². The second-order valence-electron chi connectivity index (χ2n) is 7.20. The maximum Gasteiger partial charge on any atom is 0.264 e. The van der Waals surface area contributed by atoms with E-state index in [2.05, 4.69) is 5.32 Å². The van der Waals surface area contributed by atoms with Crippen LogP contribution in [0.5, 0.6) is 11.5 Å². The Morgan fingerprint density at radius 1 is 0.935 bits per heavy atom. The summed E-state index contributed by atoms with van der Waals surface area (Å²) in [6.07, 6.45) is 0. The molecule has 1 aliphatic heterocycles. The molecule has 0 fully saturated rings. The van der Waals surface area contributed by atoms with E-state index < -0.39 is 15.8 Å². The summed E-state index contributed by atoms with van der Waals surface area (Å²) in [5.74, 6) is 0.662. The van der Waals surface area contributed by atoms with Crippen LogP contribution in [0.3, 0.4) is 0 Å². The van der Waals surface area contributed by atoms with Crippen molar-refractivity contribution in [1.82, 2.24) is 5.32 Å². The van der Waals surface area contributed by atoms with Gasteiger partial charge in [0, 0.05) is 24.7 Å². The van der Waals surface area contributed by atoms with Crippen molar-refractivity contribution < 1.29 is 22.3 Å². The molecule has 6 nitrogen and oxygen atoms in total. The Hall–Kier alpha value is -3.10. The summed E-state index contributed by atoms with van der Waals surface area (Å²) >= 11 is 0. The van der Waals surface area contributed by atoms with Gasteiger partial charge < -0.3 is 14.8 Å². The summed E-state index contributed by atoms with van der Waals surface area (Å²) in [6.45, 7) is 1.36. The standard InChI is InChI=1S/C23H23FN2O4S/c1-29-21-9-3-17(23(12-21)30-2)15-26(20-7-5-19(24)6-8-20)31(27,28)22-10-4-16-13-25-14-18(16)11-22/h3-12,25H,13-15H2,1-2H3. The van der Waals surface area contributed by atoms with Crippen LogP contribution in [-0.4, -0.2) is 22.6 Å². The van der Waals surface area contributed by atoms with Gasteiger partial charge in [0.25, 0.3) is 10.0 Å². The van der Waals surface area contributed by atoms with Gasteiger partial charge in [0.1, 0.15) is 17.3 Å². The van der Waals surface area contributed by atoms with Crippen molar-refractivity contribution in [2.24, 2.45) is 0 Å². The number of rotatable bonds is 7. The molecule has 0 aromatic heterocycles. The van der Waals surface area contributed by atoms with Crippen LogP contribution in [0, 0.1) is 5.82 Å². The van der Waals surface area contributed by atoms with Crippen LogP contribution in [0.1, 0.15) is 16.7 Å². The fourth-order valence-electron chi connectivity index (χ4n) is 3.62. The predicted octanol–water partition coefficient (Wildman–Crippen LogP) is 3.84. The smallest absolute Gasteiger partial charge is 0.264 e. The largest absolute Gasteiger partial charge is 0.497 e. The molecule has 0 radical (unpaired) electrons. The van der Waals surface area contributed by atoms with Crippen molar-refractivity contribution in [3.05, 3.63) is 83.2 Å². The van der Waals surface area contributed by atoms with Crippen molar-refractivity contribution in [3.8, 4) is 11.5 Å². The fourth-order valence-corrected chi connectivity index (χ4v) is 5.11. The molecule has 0 saturated carbocycles. The molecule has 162 valence electrons. The number of ether oxygens (including phenoxy) is 2. The number of anilines is 1. The van der Waals surface area contributed by atoms with Crippen molar-refractivity contribution in [1.29, 1.82) is 0 Å². The van der Waals surface area contributed by atoms with Gasteiger partial charge in [-0.05, 0) is 59.7 Å². The van der Waals surface area contributed by atoms with Crippen LogP contribution in [0.15, 0.2) is 65.6 Å². The zero-order valence-electron chi connectivity index (χ0n) is 17.3. The van der Waals surface area contributed by atoms with Gasteiger partial charge in [0.05, 0.1) is 31.3 Å². The van der Waals surface area contributed by atoms with E-state index in [0.29, 0.717) is 29.3 Å². The number of halogens is 1. The van der Waals surface area contributed by atoms with E-state index in [1.54, 1.807) is 37.4 Å². The Labute approximate surface area is 181 Å². The quantitative estimate of drug-likeness (QED) is 0.602. The number of hydrogen-bond donors (Lipinski definition) is 1. The first-order chi connectivity index (χ1) is 14.9. The predicted molar refractivity (Wildman–Crippen MR) is 116 cm³/mol. The van der Waals surface area contributed by atoms with E-state index in [1.165, 1.54) is 35.7 Å². The summed E-state index contributed by atoms with van der Waals surface area (Å²) in [5.41, 5.74) is 3.06. The van der Waals surface area contributed by atoms with E-state index >= 15 is 0 Å². The number of nitrogens with one attached hydrogen (secondary N) is 1. The summed E-state index contributed by atoms with van der Waals surface area (Å²) in [5, 5.41) is 3.22. The van der Waals surface area contributed by atoms with Gasteiger partial charge in [-0.3, -0.25) is 4.31 Å². The molecule has 0 saturated heterocycles. The second-order valence-corrected chi connectivity index (χ2v) is 9.06. The molecule has 1 heterocycles. The van der Waals surface area contributed by atoms with Gasteiger partial charge >= 0.3 is 0 Å². The normalized spacial score (nSPS) is 13.0. The van der Waals surface area contributed by atoms with Gasteiger partial charge in [-0.2, -0.15) is 0 Å². The lowest BCUT2D eigenvalue weighted by Gasteiger charge is -2.26. The molecule has 8 heteroatoms. The highest BCUT2D eigenvalue weighted by molar-refractivity contribution is 7.92. The van der Waals surface area contributed by atoms with Crippen molar-refractivity contribution in [2.45, 2.75) is 24.5 Å². The molecule has 0 spiro atoms. The van der Waals surface area contributed by atoms with Crippen LogP contribution in [0.25, 0.3) is 0 Å². The van der Waals surface area contributed by atoms with Gasteiger partial charge in [0.2, 0.25) is 0 Å². The van der Waals surface area contributed by atoms with Crippen LogP contribution in [0.4, 0.5) is 10.1 Å². The Bertz CT molecular complexity index is 1200. The van der Waals surface area contributed by atoms with E-state index in [-0.39, 0.29) is 11.4 Å². The maximum absolute atomic E-state index is 13.7.